The summed E-state index contributed by atoms with van der Waals surface area (Å²) in [5.41, 5.74) is 0. The van der Waals surface area contributed by atoms with Crippen molar-refractivity contribution in [3.8, 4) is 0 Å². The first-order chi connectivity index (χ1) is 6.93. The van der Waals surface area contributed by atoms with Gasteiger partial charge in [-0.2, -0.15) is 11.8 Å². The fourth-order valence-electron chi connectivity index (χ4n) is 1.14. The second-order valence-corrected chi connectivity index (χ2v) is 4.67. The molecule has 0 aromatic carbocycles. The van der Waals surface area contributed by atoms with Crippen LogP contribution >= 0.6 is 11.8 Å². The molecule has 2 unspecified atom stereocenters. The third kappa shape index (κ3) is 4.55. The minimum atomic E-state index is -0.863. The van der Waals surface area contributed by atoms with Gasteiger partial charge in [-0.15, -0.1) is 0 Å². The largest absolute Gasteiger partial charge is 0.481 e. The molecule has 0 saturated carbocycles. The average molecular weight is 233 g/mol. The summed E-state index contributed by atoms with van der Waals surface area (Å²) in [5, 5.41) is 8.66. The molecule has 0 aliphatic carbocycles. The van der Waals surface area contributed by atoms with E-state index >= 15 is 0 Å². The van der Waals surface area contributed by atoms with Crippen LogP contribution in [0.4, 0.5) is 0 Å². The van der Waals surface area contributed by atoms with Crippen LogP contribution in [0, 0.1) is 5.92 Å². The molecule has 1 amide bonds. The lowest BCUT2D eigenvalue weighted by atomic mass is 10.1. The van der Waals surface area contributed by atoms with E-state index in [0.717, 1.165) is 0 Å². The van der Waals surface area contributed by atoms with Crippen molar-refractivity contribution in [3.63, 3.8) is 0 Å². The molecule has 1 N–H and O–H groups in total. The number of carboxylic acid groups (broad SMARTS) is 1. The first-order valence-electron chi connectivity index (χ1n) is 4.98. The number of aliphatic carboxylic acids is 1. The fraction of sp³-hybridized carbons (Fsp3) is 0.800. The topological polar surface area (TPSA) is 57.6 Å². The summed E-state index contributed by atoms with van der Waals surface area (Å²) in [6.07, 6.45) is 1.87. The lowest BCUT2D eigenvalue weighted by Crippen LogP contribution is -2.40. The fourth-order valence-corrected chi connectivity index (χ4v) is 1.49. The molecule has 0 bridgehead atoms. The Kier molecular flexibility index (Phi) is 6.40. The van der Waals surface area contributed by atoms with Crippen LogP contribution in [0.2, 0.25) is 0 Å². The SMILES string of the molecule is CCN(CC(C)C(=O)O)C(=O)C(C)SC. The normalized spacial score (nSPS) is 14.4. The molecule has 5 heteroatoms. The number of carbonyl (C=O) groups is 2. The van der Waals surface area contributed by atoms with E-state index in [1.807, 2.05) is 20.1 Å². The minimum absolute atomic E-state index is 0.0121. The number of amides is 1. The van der Waals surface area contributed by atoms with E-state index in [1.54, 1.807) is 11.8 Å². The van der Waals surface area contributed by atoms with Crippen molar-refractivity contribution in [1.29, 1.82) is 0 Å². The highest BCUT2D eigenvalue weighted by Gasteiger charge is 2.22. The summed E-state index contributed by atoms with van der Waals surface area (Å²) in [7, 11) is 0. The van der Waals surface area contributed by atoms with E-state index in [-0.39, 0.29) is 17.7 Å². The lowest BCUT2D eigenvalue weighted by Gasteiger charge is -2.25. The van der Waals surface area contributed by atoms with Crippen molar-refractivity contribution >= 4 is 23.6 Å². The number of thioether (sulfide) groups is 1. The van der Waals surface area contributed by atoms with Gasteiger partial charge in [0.2, 0.25) is 5.91 Å². The molecule has 0 rings (SSSR count). The van der Waals surface area contributed by atoms with E-state index in [9.17, 15) is 9.59 Å². The van der Waals surface area contributed by atoms with Gasteiger partial charge in [0, 0.05) is 13.1 Å². The van der Waals surface area contributed by atoms with E-state index < -0.39 is 11.9 Å². The van der Waals surface area contributed by atoms with Crippen molar-refractivity contribution in [3.05, 3.63) is 0 Å². The molecular formula is C10H19NO3S. The molecule has 4 nitrogen and oxygen atoms in total. The molecule has 0 spiro atoms. The summed E-state index contributed by atoms with van der Waals surface area (Å²) >= 11 is 1.47. The van der Waals surface area contributed by atoms with Crippen molar-refractivity contribution in [1.82, 2.24) is 4.90 Å². The third-order valence-electron chi connectivity index (χ3n) is 2.31. The van der Waals surface area contributed by atoms with E-state index in [2.05, 4.69) is 0 Å². The molecule has 15 heavy (non-hydrogen) atoms. The van der Waals surface area contributed by atoms with Crippen molar-refractivity contribution in [2.24, 2.45) is 5.92 Å². The third-order valence-corrected chi connectivity index (χ3v) is 3.22. The molecule has 0 aromatic heterocycles. The van der Waals surface area contributed by atoms with Gasteiger partial charge in [-0.05, 0) is 20.1 Å². The summed E-state index contributed by atoms with van der Waals surface area (Å²) in [6, 6.07) is 0. The van der Waals surface area contributed by atoms with Gasteiger partial charge in [-0.3, -0.25) is 9.59 Å². The van der Waals surface area contributed by atoms with Crippen molar-refractivity contribution in [2.75, 3.05) is 19.3 Å². The summed E-state index contributed by atoms with van der Waals surface area (Å²) < 4.78 is 0. The Bertz CT molecular complexity index is 233. The van der Waals surface area contributed by atoms with E-state index in [1.165, 1.54) is 11.8 Å². The Balaban J connectivity index is 4.36. The van der Waals surface area contributed by atoms with Crippen LogP contribution < -0.4 is 0 Å². The molecule has 0 radical (unpaired) electrons. The van der Waals surface area contributed by atoms with Crippen LogP contribution in [-0.4, -0.2) is 46.5 Å². The van der Waals surface area contributed by atoms with Gasteiger partial charge in [0.05, 0.1) is 11.2 Å². The van der Waals surface area contributed by atoms with Crippen LogP contribution in [0.5, 0.6) is 0 Å². The Hall–Kier alpha value is -0.710. The molecule has 0 fully saturated rings. The predicted molar refractivity (Wildman–Crippen MR) is 62.0 cm³/mol. The first kappa shape index (κ1) is 14.3. The predicted octanol–water partition coefficient (Wildman–Crippen LogP) is 1.31. The highest BCUT2D eigenvalue weighted by molar-refractivity contribution is 7.99. The second-order valence-electron chi connectivity index (χ2n) is 3.49. The number of carboxylic acids is 1. The maximum absolute atomic E-state index is 11.8. The molecule has 2 atom stereocenters. The van der Waals surface area contributed by atoms with Crippen LogP contribution in [-0.2, 0) is 9.59 Å². The Morgan fingerprint density at radius 1 is 1.40 bits per heavy atom. The van der Waals surface area contributed by atoms with Crippen molar-refractivity contribution in [2.45, 2.75) is 26.0 Å². The Morgan fingerprint density at radius 3 is 2.27 bits per heavy atom. The smallest absolute Gasteiger partial charge is 0.308 e. The van der Waals surface area contributed by atoms with E-state index in [4.69, 9.17) is 5.11 Å². The van der Waals surface area contributed by atoms with Gasteiger partial charge in [-0.1, -0.05) is 6.92 Å². The number of hydrogen-bond acceptors (Lipinski definition) is 3. The Labute approximate surface area is 95.0 Å². The lowest BCUT2D eigenvalue weighted by molar-refractivity contribution is -0.142. The number of hydrogen-bond donors (Lipinski definition) is 1. The molecule has 0 aliphatic rings. The van der Waals surface area contributed by atoms with Crippen LogP contribution in [0.1, 0.15) is 20.8 Å². The zero-order valence-corrected chi connectivity index (χ0v) is 10.5. The van der Waals surface area contributed by atoms with Gasteiger partial charge >= 0.3 is 5.97 Å². The minimum Gasteiger partial charge on any atom is -0.481 e. The molecule has 88 valence electrons. The molecule has 0 saturated heterocycles. The van der Waals surface area contributed by atoms with Gasteiger partial charge < -0.3 is 10.0 Å². The zero-order chi connectivity index (χ0) is 12.0. The van der Waals surface area contributed by atoms with Crippen LogP contribution in [0.3, 0.4) is 0 Å². The van der Waals surface area contributed by atoms with Crippen LogP contribution in [0.25, 0.3) is 0 Å². The van der Waals surface area contributed by atoms with Gasteiger partial charge in [0.25, 0.3) is 0 Å². The summed E-state index contributed by atoms with van der Waals surface area (Å²) in [6.45, 7) is 6.15. The number of rotatable bonds is 6. The number of carbonyl (C=O) groups excluding carboxylic acids is 1. The standard InChI is InChI=1S/C10H19NO3S/c1-5-11(6-7(2)10(13)14)9(12)8(3)15-4/h7-8H,5-6H2,1-4H3,(H,13,14). The zero-order valence-electron chi connectivity index (χ0n) is 9.69. The highest BCUT2D eigenvalue weighted by Crippen LogP contribution is 2.11. The van der Waals surface area contributed by atoms with Crippen LogP contribution in [0.15, 0.2) is 0 Å². The summed E-state index contributed by atoms with van der Waals surface area (Å²) in [4.78, 5) is 24.0. The van der Waals surface area contributed by atoms with Gasteiger partial charge in [0.15, 0.2) is 0 Å². The van der Waals surface area contributed by atoms with Crippen molar-refractivity contribution < 1.29 is 14.7 Å². The monoisotopic (exact) mass is 233 g/mol. The molecule has 0 aromatic rings. The second kappa shape index (κ2) is 6.71. The Morgan fingerprint density at radius 2 is 1.93 bits per heavy atom. The molecule has 0 aliphatic heterocycles. The molecular weight excluding hydrogens is 214 g/mol. The maximum atomic E-state index is 11.8. The molecule has 0 heterocycles. The number of nitrogens with zero attached hydrogens (tertiary/aromatic N) is 1. The summed E-state index contributed by atoms with van der Waals surface area (Å²) in [5.74, 6) is -1.36. The van der Waals surface area contributed by atoms with E-state index in [0.29, 0.717) is 6.54 Å². The average Bonchev–Trinajstić information content (AvgIpc) is 2.23. The van der Waals surface area contributed by atoms with Gasteiger partial charge in [0.1, 0.15) is 0 Å². The van der Waals surface area contributed by atoms with Gasteiger partial charge in [-0.25, -0.2) is 0 Å². The quantitative estimate of drug-likeness (QED) is 0.751. The first-order valence-corrected chi connectivity index (χ1v) is 6.27. The maximum Gasteiger partial charge on any atom is 0.308 e. The highest BCUT2D eigenvalue weighted by atomic mass is 32.2.